The third-order valence-corrected chi connectivity index (χ3v) is 6.43. The molecule has 34 heavy (non-hydrogen) atoms. The molecule has 0 aliphatic carbocycles. The van der Waals surface area contributed by atoms with Crippen LogP contribution in [0.3, 0.4) is 0 Å². The molecule has 2 aromatic carbocycles. The van der Waals surface area contributed by atoms with E-state index >= 15 is 0 Å². The summed E-state index contributed by atoms with van der Waals surface area (Å²) in [6.07, 6.45) is -0.799. The highest BCUT2D eigenvalue weighted by molar-refractivity contribution is 7.89. The molecule has 0 saturated carbocycles. The average molecular weight is 495 g/mol. The number of ether oxygens (including phenoxy) is 1. The first-order valence-electron chi connectivity index (χ1n) is 10.0. The van der Waals surface area contributed by atoms with Crippen LogP contribution in [0.4, 0.5) is 16.2 Å². The van der Waals surface area contributed by atoms with Crippen LogP contribution in [0.25, 0.3) is 0 Å². The van der Waals surface area contributed by atoms with Crippen LogP contribution >= 0.6 is 0 Å². The molecule has 2 amide bonds. The third-order valence-electron chi connectivity index (χ3n) is 4.52. The van der Waals surface area contributed by atoms with Gasteiger partial charge in [-0.25, -0.2) is 18.7 Å². The number of sulfonamides is 1. The van der Waals surface area contributed by atoms with Gasteiger partial charge in [-0.15, -0.1) is 0 Å². The zero-order valence-electron chi connectivity index (χ0n) is 19.0. The lowest BCUT2D eigenvalue weighted by atomic mass is 10.1. The van der Waals surface area contributed by atoms with Gasteiger partial charge in [-0.2, -0.15) is 4.31 Å². The summed E-state index contributed by atoms with van der Waals surface area (Å²) in [5, 5.41) is 22.9. The standard InChI is InChI=1S/C21H26N4O8S/c1-14(19(26)23-28)24(13-15-8-5-6-11-18(15)25(29)30)34(31,32)17-10-7-9-16(12-17)22-20(27)33-21(2,3)4/h5-12,14,28H,13H2,1-4H3,(H,22,27)(H,23,26)/t14-/m0/s1. The van der Waals surface area contributed by atoms with Gasteiger partial charge in [0.15, 0.2) is 0 Å². The summed E-state index contributed by atoms with van der Waals surface area (Å²) in [6, 6.07) is 9.29. The Morgan fingerprint density at radius 3 is 2.41 bits per heavy atom. The zero-order chi connectivity index (χ0) is 25.7. The van der Waals surface area contributed by atoms with Gasteiger partial charge in [0.1, 0.15) is 11.6 Å². The molecular formula is C21H26N4O8S. The van der Waals surface area contributed by atoms with Gasteiger partial charge in [0.05, 0.1) is 9.82 Å². The molecule has 0 aromatic heterocycles. The van der Waals surface area contributed by atoms with Crippen molar-refractivity contribution >= 4 is 33.4 Å². The van der Waals surface area contributed by atoms with Crippen molar-refractivity contribution < 1.29 is 32.9 Å². The van der Waals surface area contributed by atoms with Gasteiger partial charge in [-0.1, -0.05) is 24.3 Å². The second-order valence-electron chi connectivity index (χ2n) is 8.24. The molecule has 13 heteroatoms. The van der Waals surface area contributed by atoms with Gasteiger partial charge in [-0.05, 0) is 45.9 Å². The van der Waals surface area contributed by atoms with Crippen molar-refractivity contribution in [1.29, 1.82) is 0 Å². The lowest BCUT2D eigenvalue weighted by molar-refractivity contribution is -0.385. The van der Waals surface area contributed by atoms with Crippen LogP contribution in [0, 0.1) is 10.1 Å². The van der Waals surface area contributed by atoms with Gasteiger partial charge in [-0.3, -0.25) is 25.4 Å². The van der Waals surface area contributed by atoms with Crippen LogP contribution in [-0.2, 0) is 26.1 Å². The maximum Gasteiger partial charge on any atom is 0.412 e. The maximum absolute atomic E-state index is 13.5. The number of hydroxylamine groups is 1. The van der Waals surface area contributed by atoms with E-state index in [0.717, 1.165) is 6.07 Å². The Bertz CT molecular complexity index is 1180. The molecule has 0 heterocycles. The van der Waals surface area contributed by atoms with Crippen molar-refractivity contribution in [2.45, 2.75) is 50.8 Å². The number of para-hydroxylation sites is 1. The molecule has 12 nitrogen and oxygen atoms in total. The van der Waals surface area contributed by atoms with Gasteiger partial charge in [0.25, 0.3) is 11.6 Å². The Morgan fingerprint density at radius 2 is 1.82 bits per heavy atom. The summed E-state index contributed by atoms with van der Waals surface area (Å²) in [5.41, 5.74) is 0.439. The Hall–Kier alpha value is -3.55. The molecule has 2 rings (SSSR count). The van der Waals surface area contributed by atoms with Crippen molar-refractivity contribution in [2.24, 2.45) is 0 Å². The summed E-state index contributed by atoms with van der Waals surface area (Å²) < 4.78 is 32.9. The minimum absolute atomic E-state index is 0.0386. The number of nitro groups is 1. The number of hydrogen-bond acceptors (Lipinski definition) is 8. The number of nitrogens with zero attached hydrogens (tertiary/aromatic N) is 2. The predicted molar refractivity (Wildman–Crippen MR) is 122 cm³/mol. The number of benzene rings is 2. The quantitative estimate of drug-likeness (QED) is 0.286. The first-order chi connectivity index (χ1) is 15.8. The molecule has 0 saturated heterocycles. The second-order valence-corrected chi connectivity index (χ2v) is 10.1. The molecule has 0 fully saturated rings. The summed E-state index contributed by atoms with van der Waals surface area (Å²) in [5.74, 6) is -1.04. The Balaban J connectivity index is 2.48. The fraction of sp³-hybridized carbons (Fsp3) is 0.333. The number of carbonyl (C=O) groups is 2. The molecule has 0 radical (unpaired) electrons. The molecule has 0 bridgehead atoms. The van der Waals surface area contributed by atoms with Crippen LogP contribution < -0.4 is 10.8 Å². The van der Waals surface area contributed by atoms with E-state index in [2.05, 4.69) is 5.32 Å². The Labute approximate surface area is 196 Å². The highest BCUT2D eigenvalue weighted by Crippen LogP contribution is 2.27. The molecule has 0 aliphatic heterocycles. The van der Waals surface area contributed by atoms with E-state index in [-0.39, 0.29) is 21.8 Å². The topological polar surface area (TPSA) is 168 Å². The van der Waals surface area contributed by atoms with E-state index in [1.165, 1.54) is 54.9 Å². The van der Waals surface area contributed by atoms with Gasteiger partial charge in [0.2, 0.25) is 10.0 Å². The third kappa shape index (κ3) is 6.73. The van der Waals surface area contributed by atoms with Gasteiger partial charge >= 0.3 is 6.09 Å². The Kier molecular flexibility index (Phi) is 8.31. The zero-order valence-corrected chi connectivity index (χ0v) is 19.8. The molecule has 2 aromatic rings. The summed E-state index contributed by atoms with van der Waals surface area (Å²) in [6.45, 7) is 5.70. The first kappa shape index (κ1) is 26.7. The van der Waals surface area contributed by atoms with Crippen molar-refractivity contribution in [1.82, 2.24) is 9.79 Å². The minimum Gasteiger partial charge on any atom is -0.444 e. The lowest BCUT2D eigenvalue weighted by Gasteiger charge is -2.27. The lowest BCUT2D eigenvalue weighted by Crippen LogP contribution is -2.46. The number of anilines is 1. The van der Waals surface area contributed by atoms with Crippen LogP contribution in [0.2, 0.25) is 0 Å². The van der Waals surface area contributed by atoms with E-state index in [9.17, 15) is 28.1 Å². The molecule has 184 valence electrons. The highest BCUT2D eigenvalue weighted by atomic mass is 32.2. The highest BCUT2D eigenvalue weighted by Gasteiger charge is 2.35. The molecule has 0 spiro atoms. The fourth-order valence-electron chi connectivity index (χ4n) is 2.94. The number of rotatable bonds is 8. The second kappa shape index (κ2) is 10.6. The van der Waals surface area contributed by atoms with Gasteiger partial charge < -0.3 is 4.74 Å². The summed E-state index contributed by atoms with van der Waals surface area (Å²) >= 11 is 0. The van der Waals surface area contributed by atoms with Crippen LogP contribution in [0.15, 0.2) is 53.4 Å². The summed E-state index contributed by atoms with van der Waals surface area (Å²) in [7, 11) is -4.44. The van der Waals surface area contributed by atoms with E-state index in [0.29, 0.717) is 4.31 Å². The number of amides is 2. The molecule has 1 atom stereocenters. The first-order valence-corrected chi connectivity index (χ1v) is 11.5. The normalized spacial score (nSPS) is 12.6. The number of nitrogens with one attached hydrogen (secondary N) is 2. The maximum atomic E-state index is 13.5. The Morgan fingerprint density at radius 1 is 1.18 bits per heavy atom. The molecule has 0 unspecified atom stereocenters. The van der Waals surface area contributed by atoms with Crippen molar-refractivity contribution in [3.8, 4) is 0 Å². The van der Waals surface area contributed by atoms with E-state index in [4.69, 9.17) is 9.94 Å². The van der Waals surface area contributed by atoms with Crippen molar-refractivity contribution in [2.75, 3.05) is 5.32 Å². The largest absolute Gasteiger partial charge is 0.444 e. The van der Waals surface area contributed by atoms with Crippen molar-refractivity contribution in [3.05, 3.63) is 64.2 Å². The monoisotopic (exact) mass is 494 g/mol. The molecular weight excluding hydrogens is 468 g/mol. The fourth-order valence-corrected chi connectivity index (χ4v) is 4.55. The smallest absolute Gasteiger partial charge is 0.412 e. The number of carbonyl (C=O) groups excluding carboxylic acids is 2. The summed E-state index contributed by atoms with van der Waals surface area (Å²) in [4.78, 5) is 34.6. The number of hydrogen-bond donors (Lipinski definition) is 3. The van der Waals surface area contributed by atoms with E-state index in [1.807, 2.05) is 0 Å². The molecule has 3 N–H and O–H groups in total. The number of nitro benzene ring substituents is 1. The van der Waals surface area contributed by atoms with Crippen LogP contribution in [0.5, 0.6) is 0 Å². The van der Waals surface area contributed by atoms with Gasteiger partial charge in [0, 0.05) is 23.9 Å². The van der Waals surface area contributed by atoms with Crippen molar-refractivity contribution in [3.63, 3.8) is 0 Å². The minimum atomic E-state index is -4.44. The SMILES string of the molecule is C[C@@H](C(=O)NO)N(Cc1ccccc1[N+](=O)[O-])S(=O)(=O)c1cccc(NC(=O)OC(C)(C)C)c1. The van der Waals surface area contributed by atoms with E-state index in [1.54, 1.807) is 20.8 Å². The van der Waals surface area contributed by atoms with Crippen LogP contribution in [0.1, 0.15) is 33.3 Å². The predicted octanol–water partition coefficient (Wildman–Crippen LogP) is 3.03. The van der Waals surface area contributed by atoms with Crippen LogP contribution in [-0.4, -0.2) is 46.5 Å². The average Bonchev–Trinajstić information content (AvgIpc) is 2.75. The molecule has 0 aliphatic rings. The van der Waals surface area contributed by atoms with E-state index < -0.39 is 45.1 Å².